The highest BCUT2D eigenvalue weighted by molar-refractivity contribution is 9.10. The number of carbonyl (C=O) groups is 1. The minimum atomic E-state index is -0.0345. The molecule has 0 spiro atoms. The smallest absolute Gasteiger partial charge is 0.256 e. The van der Waals surface area contributed by atoms with Gasteiger partial charge in [0.15, 0.2) is 11.4 Å². The molecule has 1 aromatic heterocycles. The number of nitrogens with zero attached hydrogens (tertiary/aromatic N) is 1. The van der Waals surface area contributed by atoms with E-state index < -0.39 is 0 Å². The molecule has 3 aromatic carbocycles. The number of oxazole rings is 1. The van der Waals surface area contributed by atoms with Crippen molar-refractivity contribution in [2.45, 2.75) is 18.1 Å². The number of fused-ring (bicyclic) bond motifs is 1. The van der Waals surface area contributed by atoms with Crippen LogP contribution in [0.4, 0.5) is 0 Å². The number of hydrogen-bond acceptors (Lipinski definition) is 5. The maximum absolute atomic E-state index is 12.4. The van der Waals surface area contributed by atoms with Crippen LogP contribution in [0.1, 0.15) is 28.8 Å². The zero-order chi connectivity index (χ0) is 22.2. The molecule has 0 bridgehead atoms. The molecule has 0 N–H and O–H groups in total. The van der Waals surface area contributed by atoms with Gasteiger partial charge in [-0.3, -0.25) is 4.79 Å². The van der Waals surface area contributed by atoms with E-state index in [0.29, 0.717) is 17.4 Å². The first-order chi connectivity index (χ1) is 15.7. The molecule has 0 atom stereocenters. The van der Waals surface area contributed by atoms with Gasteiger partial charge in [0.2, 0.25) is 0 Å². The predicted molar refractivity (Wildman–Crippen MR) is 133 cm³/mol. The molecule has 162 valence electrons. The van der Waals surface area contributed by atoms with E-state index in [9.17, 15) is 4.79 Å². The summed E-state index contributed by atoms with van der Waals surface area (Å²) in [5, 5.41) is 0.710. The van der Waals surface area contributed by atoms with Gasteiger partial charge in [-0.15, -0.1) is 0 Å². The molecule has 0 saturated heterocycles. The van der Waals surface area contributed by atoms with Crippen molar-refractivity contribution in [2.75, 3.05) is 12.4 Å². The Balaban J connectivity index is 1.17. The number of para-hydroxylation sites is 2. The minimum absolute atomic E-state index is 0.0345. The average Bonchev–Trinajstić information content (AvgIpc) is 3.23. The van der Waals surface area contributed by atoms with Gasteiger partial charge in [-0.25, -0.2) is 4.98 Å². The third-order valence-corrected chi connectivity index (χ3v) is 6.13. The monoisotopic (exact) mass is 507 g/mol. The second kappa shape index (κ2) is 11.2. The standard InChI is InChI=1S/C26H22BrNO3S/c27-21-7-5-6-19(18-21)10-15-24(29)20-11-13-22(14-12-20)30-16-3-4-17-32-26-28-23-8-1-2-9-25(23)31-26/h1-2,5-15,18H,3-4,16-17H2. The molecule has 0 aliphatic carbocycles. The molecule has 4 aromatic rings. The number of ether oxygens (including phenoxy) is 1. The van der Waals surface area contributed by atoms with Crippen molar-refractivity contribution < 1.29 is 13.9 Å². The summed E-state index contributed by atoms with van der Waals surface area (Å²) in [5.41, 5.74) is 3.33. The molecule has 6 heteroatoms. The van der Waals surface area contributed by atoms with Crippen LogP contribution in [0.5, 0.6) is 5.75 Å². The van der Waals surface area contributed by atoms with Gasteiger partial charge in [0.05, 0.1) is 6.61 Å². The number of allylic oxidation sites excluding steroid dienone is 1. The summed E-state index contributed by atoms with van der Waals surface area (Å²) in [6.07, 6.45) is 5.34. The molecule has 0 fully saturated rings. The summed E-state index contributed by atoms with van der Waals surface area (Å²) < 4.78 is 12.5. The van der Waals surface area contributed by atoms with Gasteiger partial charge in [-0.2, -0.15) is 0 Å². The van der Waals surface area contributed by atoms with E-state index in [2.05, 4.69) is 20.9 Å². The van der Waals surface area contributed by atoms with Gasteiger partial charge in [0.25, 0.3) is 5.22 Å². The van der Waals surface area contributed by atoms with E-state index in [0.717, 1.165) is 45.5 Å². The molecule has 0 aliphatic rings. The van der Waals surface area contributed by atoms with E-state index >= 15 is 0 Å². The summed E-state index contributed by atoms with van der Waals surface area (Å²) in [6, 6.07) is 22.9. The highest BCUT2D eigenvalue weighted by Gasteiger charge is 2.06. The van der Waals surface area contributed by atoms with Gasteiger partial charge >= 0.3 is 0 Å². The van der Waals surface area contributed by atoms with Crippen molar-refractivity contribution in [2.24, 2.45) is 0 Å². The van der Waals surface area contributed by atoms with Crippen LogP contribution >= 0.6 is 27.7 Å². The molecule has 0 aliphatic heterocycles. The van der Waals surface area contributed by atoms with Crippen LogP contribution in [0, 0.1) is 0 Å². The molecule has 0 radical (unpaired) electrons. The van der Waals surface area contributed by atoms with Crippen molar-refractivity contribution in [3.05, 3.63) is 94.5 Å². The topological polar surface area (TPSA) is 52.3 Å². The maximum Gasteiger partial charge on any atom is 0.256 e. The molecule has 0 unspecified atom stereocenters. The van der Waals surface area contributed by atoms with E-state index in [1.54, 1.807) is 30.0 Å². The van der Waals surface area contributed by atoms with Crippen LogP contribution in [0.2, 0.25) is 0 Å². The summed E-state index contributed by atoms with van der Waals surface area (Å²) in [5.74, 6) is 1.66. The highest BCUT2D eigenvalue weighted by Crippen LogP contribution is 2.24. The average molecular weight is 508 g/mol. The lowest BCUT2D eigenvalue weighted by atomic mass is 10.1. The molecule has 0 amide bonds. The Kier molecular flexibility index (Phi) is 7.80. The number of halogens is 1. The molecule has 0 saturated carbocycles. The van der Waals surface area contributed by atoms with Crippen LogP contribution in [0.3, 0.4) is 0 Å². The first kappa shape index (κ1) is 22.4. The maximum atomic E-state index is 12.4. The summed E-state index contributed by atoms with van der Waals surface area (Å²) in [4.78, 5) is 16.8. The number of aromatic nitrogens is 1. The lowest BCUT2D eigenvalue weighted by Crippen LogP contribution is -1.99. The SMILES string of the molecule is O=C(C=Cc1cccc(Br)c1)c1ccc(OCCCCSc2nc3ccccc3o2)cc1. The van der Waals surface area contributed by atoms with Crippen molar-refractivity contribution in [1.29, 1.82) is 0 Å². The molecule has 4 nitrogen and oxygen atoms in total. The number of thioether (sulfide) groups is 1. The van der Waals surface area contributed by atoms with Crippen molar-refractivity contribution in [1.82, 2.24) is 4.98 Å². The summed E-state index contributed by atoms with van der Waals surface area (Å²) in [6.45, 7) is 0.629. The number of carbonyl (C=O) groups excluding carboxylic acids is 1. The van der Waals surface area contributed by atoms with Crippen LogP contribution in [0.25, 0.3) is 17.2 Å². The number of hydrogen-bond donors (Lipinski definition) is 0. The van der Waals surface area contributed by atoms with Gasteiger partial charge in [0, 0.05) is 15.8 Å². The fourth-order valence-electron chi connectivity index (χ4n) is 3.06. The van der Waals surface area contributed by atoms with Crippen molar-refractivity contribution in [3.8, 4) is 5.75 Å². The second-order valence-electron chi connectivity index (χ2n) is 7.13. The lowest BCUT2D eigenvalue weighted by molar-refractivity contribution is 0.104. The Hall–Kier alpha value is -2.83. The number of ketones is 1. The van der Waals surface area contributed by atoms with E-state index in [1.807, 2.05) is 66.7 Å². The summed E-state index contributed by atoms with van der Waals surface area (Å²) >= 11 is 5.05. The molecule has 1 heterocycles. The molecular formula is C26H22BrNO3S. The second-order valence-corrected chi connectivity index (χ2v) is 9.09. The van der Waals surface area contributed by atoms with Crippen molar-refractivity contribution >= 4 is 50.7 Å². The van der Waals surface area contributed by atoms with Gasteiger partial charge in [0.1, 0.15) is 11.3 Å². The Morgan fingerprint density at radius 1 is 1.03 bits per heavy atom. The zero-order valence-electron chi connectivity index (χ0n) is 17.4. The number of rotatable bonds is 10. The quantitative estimate of drug-likeness (QED) is 0.0965. The van der Waals surface area contributed by atoms with Crippen molar-refractivity contribution in [3.63, 3.8) is 0 Å². The van der Waals surface area contributed by atoms with E-state index in [1.165, 1.54) is 0 Å². The molecular weight excluding hydrogens is 486 g/mol. The number of benzene rings is 3. The fraction of sp³-hybridized carbons (Fsp3) is 0.154. The number of unbranched alkanes of at least 4 members (excludes halogenated alkanes) is 1. The highest BCUT2D eigenvalue weighted by atomic mass is 79.9. The van der Waals surface area contributed by atoms with Crippen LogP contribution in [-0.2, 0) is 0 Å². The van der Waals surface area contributed by atoms with E-state index in [-0.39, 0.29) is 5.78 Å². The Morgan fingerprint density at radius 3 is 2.69 bits per heavy atom. The van der Waals surface area contributed by atoms with Crippen LogP contribution < -0.4 is 4.74 Å². The van der Waals surface area contributed by atoms with Gasteiger partial charge in [-0.05, 0) is 73.0 Å². The zero-order valence-corrected chi connectivity index (χ0v) is 19.8. The molecule has 4 rings (SSSR count). The van der Waals surface area contributed by atoms with Gasteiger partial charge in [-0.1, -0.05) is 58.0 Å². The predicted octanol–water partition coefficient (Wildman–Crippen LogP) is 7.44. The first-order valence-corrected chi connectivity index (χ1v) is 12.1. The third kappa shape index (κ3) is 6.34. The Bertz CT molecular complexity index is 1180. The Morgan fingerprint density at radius 2 is 1.88 bits per heavy atom. The largest absolute Gasteiger partial charge is 0.494 e. The summed E-state index contributed by atoms with van der Waals surface area (Å²) in [7, 11) is 0. The van der Waals surface area contributed by atoms with Crippen LogP contribution in [0.15, 0.2) is 93.0 Å². The van der Waals surface area contributed by atoms with Crippen LogP contribution in [-0.4, -0.2) is 23.1 Å². The normalized spacial score (nSPS) is 11.3. The fourth-order valence-corrected chi connectivity index (χ4v) is 4.31. The first-order valence-electron chi connectivity index (χ1n) is 10.4. The minimum Gasteiger partial charge on any atom is -0.494 e. The van der Waals surface area contributed by atoms with E-state index in [4.69, 9.17) is 9.15 Å². The Labute approximate surface area is 199 Å². The van der Waals surface area contributed by atoms with Gasteiger partial charge < -0.3 is 9.15 Å². The third-order valence-electron chi connectivity index (χ3n) is 4.72. The lowest BCUT2D eigenvalue weighted by Gasteiger charge is -2.06. The molecule has 32 heavy (non-hydrogen) atoms.